The van der Waals surface area contributed by atoms with E-state index in [1.54, 1.807) is 24.3 Å². The monoisotopic (exact) mass is 465 g/mol. The van der Waals surface area contributed by atoms with E-state index in [9.17, 15) is 28.6 Å². The van der Waals surface area contributed by atoms with Crippen molar-refractivity contribution in [3.05, 3.63) is 95.1 Å². The molecule has 34 heavy (non-hydrogen) atoms. The maximum atomic E-state index is 14.7. The van der Waals surface area contributed by atoms with E-state index in [2.05, 4.69) is 0 Å². The highest BCUT2D eigenvalue weighted by atomic mass is 19.1. The molecule has 0 radical (unpaired) electrons. The van der Waals surface area contributed by atoms with Crippen LogP contribution in [0.15, 0.2) is 72.3 Å². The number of ether oxygens (including phenoxy) is 1. The average Bonchev–Trinajstić information content (AvgIpc) is 3.08. The summed E-state index contributed by atoms with van der Waals surface area (Å²) in [5.41, 5.74) is 0.0148. The first-order chi connectivity index (χ1) is 16.3. The van der Waals surface area contributed by atoms with Crippen LogP contribution in [0.3, 0.4) is 0 Å². The molecule has 6 nitrogen and oxygen atoms in total. The average molecular weight is 465 g/mol. The van der Waals surface area contributed by atoms with Gasteiger partial charge in [0, 0.05) is 11.6 Å². The third-order valence-corrected chi connectivity index (χ3v) is 5.42. The van der Waals surface area contributed by atoms with Crippen LogP contribution >= 0.6 is 0 Å². The highest BCUT2D eigenvalue weighted by Gasteiger charge is 2.47. The summed E-state index contributed by atoms with van der Waals surface area (Å²) in [6.07, 6.45) is 0.817. The molecule has 0 saturated carbocycles. The van der Waals surface area contributed by atoms with Gasteiger partial charge in [-0.1, -0.05) is 19.1 Å². The van der Waals surface area contributed by atoms with E-state index in [-0.39, 0.29) is 22.6 Å². The zero-order valence-corrected chi connectivity index (χ0v) is 18.2. The Balaban J connectivity index is 1.87. The summed E-state index contributed by atoms with van der Waals surface area (Å²) < 4.78 is 33.7. The van der Waals surface area contributed by atoms with Gasteiger partial charge in [-0.2, -0.15) is 0 Å². The van der Waals surface area contributed by atoms with Crippen molar-refractivity contribution >= 4 is 23.1 Å². The van der Waals surface area contributed by atoms with E-state index in [0.717, 1.165) is 23.5 Å². The lowest BCUT2D eigenvalue weighted by Crippen LogP contribution is -2.30. The Labute approximate surface area is 194 Å². The van der Waals surface area contributed by atoms with Gasteiger partial charge in [0.15, 0.2) is 0 Å². The standard InChI is InChI=1S/C26H21F2NO5/c1-2-13-34-19-10-5-16(6-11-19)24(31)22-23(15-3-8-18(30)9-4-15)29(26(33)25(22)32)21-12-7-17(27)14-20(21)28/h3-12,14,23,30-31H,2,13H2,1H3/b24-22+. The van der Waals surface area contributed by atoms with Crippen LogP contribution in [0.4, 0.5) is 14.5 Å². The second-order valence-electron chi connectivity index (χ2n) is 7.73. The Morgan fingerprint density at radius 2 is 1.68 bits per heavy atom. The number of phenols is 1. The number of anilines is 1. The summed E-state index contributed by atoms with van der Waals surface area (Å²) in [7, 11) is 0. The summed E-state index contributed by atoms with van der Waals surface area (Å²) >= 11 is 0. The lowest BCUT2D eigenvalue weighted by Gasteiger charge is -2.25. The van der Waals surface area contributed by atoms with Gasteiger partial charge in [0.1, 0.15) is 28.9 Å². The van der Waals surface area contributed by atoms with Crippen LogP contribution in [0.25, 0.3) is 5.76 Å². The number of carbonyl (C=O) groups is 2. The second-order valence-corrected chi connectivity index (χ2v) is 7.73. The lowest BCUT2D eigenvalue weighted by atomic mass is 9.95. The second kappa shape index (κ2) is 9.35. The number of ketones is 1. The minimum absolute atomic E-state index is 0.0590. The highest BCUT2D eigenvalue weighted by Crippen LogP contribution is 2.43. The third kappa shape index (κ3) is 4.22. The molecule has 2 N–H and O–H groups in total. The molecular weight excluding hydrogens is 444 g/mol. The molecule has 3 aromatic carbocycles. The van der Waals surface area contributed by atoms with Gasteiger partial charge in [0.25, 0.3) is 11.7 Å². The van der Waals surface area contributed by atoms with Crippen LogP contribution in [0.5, 0.6) is 11.5 Å². The van der Waals surface area contributed by atoms with Gasteiger partial charge < -0.3 is 14.9 Å². The molecule has 3 aromatic rings. The first kappa shape index (κ1) is 23.0. The molecule has 1 unspecified atom stereocenters. The number of halogens is 2. The Kier molecular flexibility index (Phi) is 6.32. The van der Waals surface area contributed by atoms with Crippen molar-refractivity contribution in [2.45, 2.75) is 19.4 Å². The molecule has 8 heteroatoms. The van der Waals surface area contributed by atoms with Crippen molar-refractivity contribution in [1.29, 1.82) is 0 Å². The van der Waals surface area contributed by atoms with Crippen molar-refractivity contribution in [2.24, 2.45) is 0 Å². The minimum atomic E-state index is -1.21. The number of aliphatic hydroxyl groups is 1. The Hall–Kier alpha value is -4.20. The molecule has 0 aliphatic carbocycles. The smallest absolute Gasteiger partial charge is 0.300 e. The molecule has 1 amide bonds. The van der Waals surface area contributed by atoms with E-state index in [1.807, 2.05) is 6.92 Å². The quantitative estimate of drug-likeness (QED) is 0.301. The number of aliphatic hydroxyl groups excluding tert-OH is 1. The van der Waals surface area contributed by atoms with E-state index in [4.69, 9.17) is 4.74 Å². The molecule has 1 saturated heterocycles. The van der Waals surface area contributed by atoms with Crippen molar-refractivity contribution in [3.8, 4) is 11.5 Å². The third-order valence-electron chi connectivity index (χ3n) is 5.42. The maximum absolute atomic E-state index is 14.7. The van der Waals surface area contributed by atoms with E-state index < -0.39 is 35.1 Å². The normalized spacial score (nSPS) is 17.3. The molecule has 1 fully saturated rings. The summed E-state index contributed by atoms with van der Waals surface area (Å²) in [6.45, 7) is 2.48. The number of hydrogen-bond acceptors (Lipinski definition) is 5. The fourth-order valence-electron chi connectivity index (χ4n) is 3.81. The molecule has 0 spiro atoms. The zero-order chi connectivity index (χ0) is 24.4. The van der Waals surface area contributed by atoms with Gasteiger partial charge in [-0.25, -0.2) is 8.78 Å². The molecule has 1 atom stereocenters. The molecule has 4 rings (SSSR count). The minimum Gasteiger partial charge on any atom is -0.508 e. The molecule has 1 aliphatic rings. The number of rotatable bonds is 6. The van der Waals surface area contributed by atoms with Crippen LogP contribution in [0, 0.1) is 11.6 Å². The zero-order valence-electron chi connectivity index (χ0n) is 18.2. The molecule has 0 bridgehead atoms. The number of nitrogens with zero attached hydrogens (tertiary/aromatic N) is 1. The fourth-order valence-corrected chi connectivity index (χ4v) is 3.81. The number of Topliss-reactive ketones (excluding diaryl/α,β-unsaturated/α-hetero) is 1. The first-order valence-corrected chi connectivity index (χ1v) is 10.6. The number of hydrogen-bond donors (Lipinski definition) is 2. The van der Waals surface area contributed by atoms with Crippen LogP contribution in [0.1, 0.15) is 30.5 Å². The maximum Gasteiger partial charge on any atom is 0.300 e. The van der Waals surface area contributed by atoms with Gasteiger partial charge >= 0.3 is 0 Å². The van der Waals surface area contributed by atoms with Crippen molar-refractivity contribution in [2.75, 3.05) is 11.5 Å². The Morgan fingerprint density at radius 3 is 2.29 bits per heavy atom. The fraction of sp³-hybridized carbons (Fsp3) is 0.154. The molecule has 1 aliphatic heterocycles. The summed E-state index contributed by atoms with van der Waals surface area (Å²) in [4.78, 5) is 27.0. The number of aromatic hydroxyl groups is 1. The van der Waals surface area contributed by atoms with Crippen molar-refractivity contribution < 1.29 is 33.3 Å². The number of carbonyl (C=O) groups excluding carboxylic acids is 2. The highest BCUT2D eigenvalue weighted by molar-refractivity contribution is 6.51. The molecule has 1 heterocycles. The topological polar surface area (TPSA) is 87.1 Å². The van der Waals surface area contributed by atoms with Gasteiger partial charge in [0.05, 0.1) is 23.9 Å². The molecule has 174 valence electrons. The number of phenolic OH excluding ortho intramolecular Hbond substituents is 1. The number of benzene rings is 3. The first-order valence-electron chi connectivity index (χ1n) is 10.6. The van der Waals surface area contributed by atoms with E-state index in [1.165, 1.54) is 24.3 Å². The van der Waals surface area contributed by atoms with Crippen LogP contribution in [-0.4, -0.2) is 28.5 Å². The van der Waals surface area contributed by atoms with Gasteiger partial charge in [-0.3, -0.25) is 14.5 Å². The van der Waals surface area contributed by atoms with Crippen molar-refractivity contribution in [3.63, 3.8) is 0 Å². The number of amides is 1. The summed E-state index contributed by atoms with van der Waals surface area (Å²) in [5, 5.41) is 20.8. The van der Waals surface area contributed by atoms with E-state index >= 15 is 0 Å². The van der Waals surface area contributed by atoms with Crippen LogP contribution in [-0.2, 0) is 9.59 Å². The SMILES string of the molecule is CCCOc1ccc(/C(O)=C2\C(=O)C(=O)N(c3ccc(F)cc3F)C2c2ccc(O)cc2)cc1. The lowest BCUT2D eigenvalue weighted by molar-refractivity contribution is -0.132. The summed E-state index contributed by atoms with van der Waals surface area (Å²) in [5.74, 6) is -3.92. The van der Waals surface area contributed by atoms with Crippen molar-refractivity contribution in [1.82, 2.24) is 0 Å². The summed E-state index contributed by atoms with van der Waals surface area (Å²) in [6, 6.07) is 13.3. The van der Waals surface area contributed by atoms with Crippen LogP contribution in [0.2, 0.25) is 0 Å². The van der Waals surface area contributed by atoms with Gasteiger partial charge in [0.2, 0.25) is 0 Å². The Bertz CT molecular complexity index is 1270. The van der Waals surface area contributed by atoms with E-state index in [0.29, 0.717) is 24.0 Å². The predicted octanol–water partition coefficient (Wildman–Crippen LogP) is 5.09. The largest absolute Gasteiger partial charge is 0.508 e. The van der Waals surface area contributed by atoms with Gasteiger partial charge in [-0.05, 0) is 60.5 Å². The molecule has 0 aromatic heterocycles. The Morgan fingerprint density at radius 1 is 1.00 bits per heavy atom. The molecular formula is C26H21F2NO5. The van der Waals surface area contributed by atoms with Crippen LogP contribution < -0.4 is 9.64 Å². The predicted molar refractivity (Wildman–Crippen MR) is 121 cm³/mol. The van der Waals surface area contributed by atoms with Gasteiger partial charge in [-0.15, -0.1) is 0 Å².